The van der Waals surface area contributed by atoms with Gasteiger partial charge >= 0.3 is 0 Å². The largest absolute Gasteiger partial charge is 0.352 e. The molecule has 0 atom stereocenters. The molecule has 1 amide bonds. The third kappa shape index (κ3) is 3.65. The van der Waals surface area contributed by atoms with Gasteiger partial charge in [0.05, 0.1) is 5.56 Å². The van der Waals surface area contributed by atoms with E-state index in [1.807, 2.05) is 11.8 Å². The van der Waals surface area contributed by atoms with Gasteiger partial charge in [-0.25, -0.2) is 4.39 Å². The Labute approximate surface area is 116 Å². The lowest BCUT2D eigenvalue weighted by Gasteiger charge is -2.21. The van der Waals surface area contributed by atoms with Crippen molar-refractivity contribution in [3.8, 4) is 0 Å². The summed E-state index contributed by atoms with van der Waals surface area (Å²) in [5, 5.41) is 2.81. The molecule has 1 aromatic carbocycles. The maximum absolute atomic E-state index is 13.5. The van der Waals surface area contributed by atoms with Crippen molar-refractivity contribution in [1.82, 2.24) is 5.32 Å². The Hall–Kier alpha value is -0.680. The molecule has 0 unspecified atom stereocenters. The number of rotatable bonds is 3. The molecule has 18 heavy (non-hydrogen) atoms. The van der Waals surface area contributed by atoms with Gasteiger partial charge in [-0.1, -0.05) is 0 Å². The van der Waals surface area contributed by atoms with Gasteiger partial charge in [0.15, 0.2) is 0 Å². The topological polar surface area (TPSA) is 29.1 Å². The average molecular weight is 285 g/mol. The zero-order chi connectivity index (χ0) is 13.0. The fraction of sp³-hybridized carbons (Fsp3) is 0.462. The second-order valence-electron chi connectivity index (χ2n) is 4.43. The normalized spacial score (nSPS) is 16.6. The van der Waals surface area contributed by atoms with E-state index in [-0.39, 0.29) is 11.5 Å². The van der Waals surface area contributed by atoms with Crippen molar-refractivity contribution in [1.29, 1.82) is 0 Å². The highest BCUT2D eigenvalue weighted by molar-refractivity contribution is 7.99. The van der Waals surface area contributed by atoms with Crippen LogP contribution in [0.25, 0.3) is 0 Å². The molecule has 1 saturated heterocycles. The minimum absolute atomic E-state index is 0.0766. The Balaban J connectivity index is 1.92. The van der Waals surface area contributed by atoms with E-state index >= 15 is 0 Å². The summed E-state index contributed by atoms with van der Waals surface area (Å²) in [5.74, 6) is 1.99. The van der Waals surface area contributed by atoms with Crippen LogP contribution in [0.2, 0.25) is 0 Å². The number of carbonyl (C=O) groups excluding carboxylic acids is 1. The van der Waals surface area contributed by atoms with E-state index in [4.69, 9.17) is 0 Å². The Morgan fingerprint density at radius 2 is 2.17 bits per heavy atom. The Morgan fingerprint density at radius 1 is 1.44 bits per heavy atom. The Kier molecular flexibility index (Phi) is 4.95. The van der Waals surface area contributed by atoms with E-state index in [0.29, 0.717) is 17.4 Å². The van der Waals surface area contributed by atoms with Gasteiger partial charge < -0.3 is 5.32 Å². The fourth-order valence-electron chi connectivity index (χ4n) is 1.97. The van der Waals surface area contributed by atoms with Crippen molar-refractivity contribution >= 4 is 30.3 Å². The lowest BCUT2D eigenvalue weighted by Crippen LogP contribution is -2.31. The lowest BCUT2D eigenvalue weighted by atomic mass is 10.0. The third-order valence-corrected chi connectivity index (χ3v) is 4.41. The van der Waals surface area contributed by atoms with Crippen LogP contribution in [-0.4, -0.2) is 24.0 Å². The highest BCUT2D eigenvalue weighted by Gasteiger charge is 2.16. The van der Waals surface area contributed by atoms with Crippen molar-refractivity contribution in [3.63, 3.8) is 0 Å². The van der Waals surface area contributed by atoms with Gasteiger partial charge in [-0.2, -0.15) is 11.8 Å². The molecule has 1 aliphatic heterocycles. The molecule has 0 bridgehead atoms. The van der Waals surface area contributed by atoms with Crippen LogP contribution >= 0.6 is 24.4 Å². The quantitative estimate of drug-likeness (QED) is 0.836. The molecule has 0 radical (unpaired) electrons. The lowest BCUT2D eigenvalue weighted by molar-refractivity contribution is 0.0942. The molecular formula is C13H16FNOS2. The zero-order valence-corrected chi connectivity index (χ0v) is 11.7. The van der Waals surface area contributed by atoms with Gasteiger partial charge in [0.2, 0.25) is 0 Å². The molecule has 1 aromatic rings. The Bertz CT molecular complexity index is 433. The molecule has 98 valence electrons. The summed E-state index contributed by atoms with van der Waals surface area (Å²) in [4.78, 5) is 12.5. The number of hydrogen-bond acceptors (Lipinski definition) is 3. The predicted octanol–water partition coefficient (Wildman–Crippen LogP) is 2.99. The van der Waals surface area contributed by atoms with E-state index < -0.39 is 5.82 Å². The number of thiol groups is 1. The second-order valence-corrected chi connectivity index (χ2v) is 6.17. The first-order valence-corrected chi connectivity index (χ1v) is 7.61. The molecule has 1 fully saturated rings. The number of thioether (sulfide) groups is 1. The fourth-order valence-corrected chi connectivity index (χ4v) is 3.38. The molecule has 1 aliphatic rings. The highest BCUT2D eigenvalue weighted by Crippen LogP contribution is 2.22. The number of benzene rings is 1. The molecule has 0 aromatic heterocycles. The van der Waals surface area contributed by atoms with Crippen molar-refractivity contribution < 1.29 is 9.18 Å². The van der Waals surface area contributed by atoms with Gasteiger partial charge in [-0.05, 0) is 48.5 Å². The van der Waals surface area contributed by atoms with E-state index in [1.165, 1.54) is 18.2 Å². The van der Waals surface area contributed by atoms with Crippen LogP contribution in [0.15, 0.2) is 23.1 Å². The van der Waals surface area contributed by atoms with Gasteiger partial charge in [0.25, 0.3) is 5.91 Å². The molecule has 1 heterocycles. The average Bonchev–Trinajstić information content (AvgIpc) is 2.40. The molecule has 1 N–H and O–H groups in total. The number of hydrogen-bond donors (Lipinski definition) is 2. The highest BCUT2D eigenvalue weighted by atomic mass is 32.2. The SMILES string of the molecule is O=C(NCC1CCSCC1)c1cc(S)ccc1F. The van der Waals surface area contributed by atoms with Gasteiger partial charge in [0, 0.05) is 11.4 Å². The third-order valence-electron chi connectivity index (χ3n) is 3.09. The van der Waals surface area contributed by atoms with Crippen LogP contribution in [0.1, 0.15) is 23.2 Å². The summed E-state index contributed by atoms with van der Waals surface area (Å²) >= 11 is 6.07. The molecule has 5 heteroatoms. The van der Waals surface area contributed by atoms with E-state index in [0.717, 1.165) is 24.3 Å². The maximum Gasteiger partial charge on any atom is 0.254 e. The predicted molar refractivity (Wildman–Crippen MR) is 76.0 cm³/mol. The first-order valence-electron chi connectivity index (χ1n) is 6.01. The van der Waals surface area contributed by atoms with Crippen LogP contribution < -0.4 is 5.32 Å². The van der Waals surface area contributed by atoms with Gasteiger partial charge in [-0.15, -0.1) is 12.6 Å². The standard InChI is InChI=1S/C13H16FNOS2/c14-12-2-1-10(17)7-11(12)13(16)15-8-9-3-5-18-6-4-9/h1-2,7,9,17H,3-6,8H2,(H,15,16). The summed E-state index contributed by atoms with van der Waals surface area (Å²) in [6, 6.07) is 4.27. The molecule has 2 nitrogen and oxygen atoms in total. The zero-order valence-electron chi connectivity index (χ0n) is 9.99. The van der Waals surface area contributed by atoms with Crippen LogP contribution in [0.5, 0.6) is 0 Å². The molecule has 0 aliphatic carbocycles. The summed E-state index contributed by atoms with van der Waals surface area (Å²) < 4.78 is 13.5. The molecule has 0 saturated carbocycles. The van der Waals surface area contributed by atoms with E-state index in [9.17, 15) is 9.18 Å². The van der Waals surface area contributed by atoms with E-state index in [1.54, 1.807) is 0 Å². The first kappa shape index (κ1) is 13.7. The minimum Gasteiger partial charge on any atom is -0.352 e. The molecule has 2 rings (SSSR count). The van der Waals surface area contributed by atoms with Crippen molar-refractivity contribution in [2.24, 2.45) is 5.92 Å². The van der Waals surface area contributed by atoms with Crippen LogP contribution in [-0.2, 0) is 0 Å². The van der Waals surface area contributed by atoms with E-state index in [2.05, 4.69) is 17.9 Å². The number of carbonyl (C=O) groups is 1. The van der Waals surface area contributed by atoms with Crippen molar-refractivity contribution in [3.05, 3.63) is 29.6 Å². The van der Waals surface area contributed by atoms with Crippen molar-refractivity contribution in [2.75, 3.05) is 18.1 Å². The summed E-state index contributed by atoms with van der Waals surface area (Å²) in [7, 11) is 0. The monoisotopic (exact) mass is 285 g/mol. The number of nitrogens with one attached hydrogen (secondary N) is 1. The van der Waals surface area contributed by atoms with Crippen LogP contribution in [0, 0.1) is 11.7 Å². The molecule has 0 spiro atoms. The van der Waals surface area contributed by atoms with Gasteiger partial charge in [-0.3, -0.25) is 4.79 Å². The van der Waals surface area contributed by atoms with Crippen molar-refractivity contribution in [2.45, 2.75) is 17.7 Å². The number of halogens is 1. The van der Waals surface area contributed by atoms with Gasteiger partial charge in [0.1, 0.15) is 5.82 Å². The second kappa shape index (κ2) is 6.48. The summed E-state index contributed by atoms with van der Waals surface area (Å²) in [6.07, 6.45) is 2.25. The first-order chi connectivity index (χ1) is 8.66. The Morgan fingerprint density at radius 3 is 2.89 bits per heavy atom. The minimum atomic E-state index is -0.496. The molecular weight excluding hydrogens is 269 g/mol. The van der Waals surface area contributed by atoms with Crippen LogP contribution in [0.4, 0.5) is 4.39 Å². The summed E-state index contributed by atoms with van der Waals surface area (Å²) in [5.41, 5.74) is 0.0766. The summed E-state index contributed by atoms with van der Waals surface area (Å²) in [6.45, 7) is 0.635. The number of amides is 1. The van der Waals surface area contributed by atoms with Crippen LogP contribution in [0.3, 0.4) is 0 Å². The maximum atomic E-state index is 13.5. The smallest absolute Gasteiger partial charge is 0.254 e.